The van der Waals surface area contributed by atoms with Crippen molar-refractivity contribution in [3.05, 3.63) is 35.4 Å². The van der Waals surface area contributed by atoms with E-state index in [2.05, 4.69) is 15.6 Å². The van der Waals surface area contributed by atoms with Crippen LogP contribution in [0.2, 0.25) is 0 Å². The molecule has 0 aliphatic carbocycles. The molecule has 0 saturated heterocycles. The molecule has 1 rings (SSSR count). The number of hydrogen-bond donors (Lipinski definition) is 2. The van der Waals surface area contributed by atoms with E-state index in [9.17, 15) is 21.6 Å². The Morgan fingerprint density at radius 3 is 2.22 bits per heavy atom. The molecule has 0 amide bonds. The molecule has 2 N–H and O–H groups in total. The van der Waals surface area contributed by atoms with Gasteiger partial charge in [0.05, 0.1) is 11.8 Å². The fraction of sp³-hybridized carbons (Fsp3) is 0.588. The summed E-state index contributed by atoms with van der Waals surface area (Å²) in [6.07, 6.45) is -1.96. The van der Waals surface area contributed by atoms with E-state index in [1.165, 1.54) is 22.7 Å². The topological polar surface area (TPSA) is 73.8 Å². The Labute approximate surface area is 158 Å². The van der Waals surface area contributed by atoms with Gasteiger partial charge in [0.1, 0.15) is 0 Å². The van der Waals surface area contributed by atoms with Crippen LogP contribution in [0.5, 0.6) is 0 Å². The maximum Gasteiger partial charge on any atom is 0.416 e. The SMILES string of the molecule is CCN(CCCNC(=NC)NCCc1ccc(C(F)(F)F)cc1)S(C)(=O)=O. The fourth-order valence-corrected chi connectivity index (χ4v) is 3.36. The molecule has 0 aliphatic rings. The smallest absolute Gasteiger partial charge is 0.356 e. The number of guanidine groups is 1. The molecule has 0 saturated carbocycles. The zero-order chi connectivity index (χ0) is 20.5. The zero-order valence-corrected chi connectivity index (χ0v) is 16.6. The first-order valence-corrected chi connectivity index (χ1v) is 10.5. The van der Waals surface area contributed by atoms with Crippen molar-refractivity contribution >= 4 is 16.0 Å². The van der Waals surface area contributed by atoms with Gasteiger partial charge in [0.2, 0.25) is 10.0 Å². The number of aliphatic imine (C=N–C) groups is 1. The summed E-state index contributed by atoms with van der Waals surface area (Å²) >= 11 is 0. The van der Waals surface area contributed by atoms with Crippen LogP contribution in [0.4, 0.5) is 13.2 Å². The average molecular weight is 408 g/mol. The van der Waals surface area contributed by atoms with Gasteiger partial charge in [-0.25, -0.2) is 12.7 Å². The zero-order valence-electron chi connectivity index (χ0n) is 15.8. The molecule has 0 aliphatic heterocycles. The molecular weight excluding hydrogens is 381 g/mol. The van der Waals surface area contributed by atoms with E-state index in [1.54, 1.807) is 14.0 Å². The molecular formula is C17H27F3N4O2S. The Balaban J connectivity index is 2.34. The molecule has 0 fully saturated rings. The molecule has 27 heavy (non-hydrogen) atoms. The van der Waals surface area contributed by atoms with Crippen molar-refractivity contribution in [3.63, 3.8) is 0 Å². The van der Waals surface area contributed by atoms with Crippen LogP contribution in [0.3, 0.4) is 0 Å². The minimum Gasteiger partial charge on any atom is -0.356 e. The van der Waals surface area contributed by atoms with Crippen molar-refractivity contribution in [2.45, 2.75) is 25.9 Å². The van der Waals surface area contributed by atoms with Gasteiger partial charge in [0, 0.05) is 33.2 Å². The quantitative estimate of drug-likeness (QED) is 0.373. The number of sulfonamides is 1. The Kier molecular flexibility index (Phi) is 9.04. The number of benzene rings is 1. The third kappa shape index (κ3) is 8.61. The molecule has 1 aromatic carbocycles. The number of alkyl halides is 3. The van der Waals surface area contributed by atoms with E-state index in [0.29, 0.717) is 45.0 Å². The van der Waals surface area contributed by atoms with Crippen LogP contribution in [0, 0.1) is 0 Å². The largest absolute Gasteiger partial charge is 0.416 e. The number of hydrogen-bond acceptors (Lipinski definition) is 3. The first-order valence-electron chi connectivity index (χ1n) is 8.63. The molecule has 0 aromatic heterocycles. The molecule has 0 spiro atoms. The van der Waals surface area contributed by atoms with Gasteiger partial charge in [0.25, 0.3) is 0 Å². The second-order valence-corrected chi connectivity index (χ2v) is 7.96. The van der Waals surface area contributed by atoms with Crippen LogP contribution in [0.25, 0.3) is 0 Å². The predicted octanol–water partition coefficient (Wildman–Crippen LogP) is 2.08. The molecule has 0 heterocycles. The minimum absolute atomic E-state index is 0.422. The van der Waals surface area contributed by atoms with E-state index in [0.717, 1.165) is 17.7 Å². The highest BCUT2D eigenvalue weighted by atomic mass is 32.2. The van der Waals surface area contributed by atoms with Gasteiger partial charge in [-0.2, -0.15) is 13.2 Å². The number of nitrogens with one attached hydrogen (secondary N) is 2. The Morgan fingerprint density at radius 2 is 1.74 bits per heavy atom. The summed E-state index contributed by atoms with van der Waals surface area (Å²) in [6.45, 7) is 3.70. The van der Waals surface area contributed by atoms with Crippen LogP contribution in [0.15, 0.2) is 29.3 Å². The van der Waals surface area contributed by atoms with Crippen molar-refractivity contribution < 1.29 is 21.6 Å². The van der Waals surface area contributed by atoms with E-state index in [-0.39, 0.29) is 0 Å². The van der Waals surface area contributed by atoms with Crippen molar-refractivity contribution in [1.82, 2.24) is 14.9 Å². The van der Waals surface area contributed by atoms with Crippen LogP contribution in [-0.4, -0.2) is 58.2 Å². The molecule has 0 atom stereocenters. The van der Waals surface area contributed by atoms with E-state index < -0.39 is 21.8 Å². The summed E-state index contributed by atoms with van der Waals surface area (Å²) in [5.74, 6) is 0.560. The van der Waals surface area contributed by atoms with Crippen LogP contribution >= 0.6 is 0 Å². The molecule has 0 radical (unpaired) electrons. The van der Waals surface area contributed by atoms with Crippen molar-refractivity contribution in [2.75, 3.05) is 39.5 Å². The van der Waals surface area contributed by atoms with Gasteiger partial charge in [-0.05, 0) is 30.5 Å². The highest BCUT2D eigenvalue weighted by Crippen LogP contribution is 2.29. The van der Waals surface area contributed by atoms with Crippen molar-refractivity contribution in [1.29, 1.82) is 0 Å². The van der Waals surface area contributed by atoms with E-state index in [1.807, 2.05) is 0 Å². The monoisotopic (exact) mass is 408 g/mol. The molecule has 0 bridgehead atoms. The van der Waals surface area contributed by atoms with Gasteiger partial charge in [-0.1, -0.05) is 19.1 Å². The Hall–Kier alpha value is -1.81. The summed E-state index contributed by atoms with van der Waals surface area (Å²) in [6, 6.07) is 5.07. The van der Waals surface area contributed by atoms with Gasteiger partial charge in [-0.3, -0.25) is 4.99 Å². The molecule has 154 valence electrons. The normalized spacial score (nSPS) is 13.1. The molecule has 6 nitrogen and oxygen atoms in total. The van der Waals surface area contributed by atoms with E-state index >= 15 is 0 Å². The third-order valence-corrected chi connectivity index (χ3v) is 5.29. The van der Waals surface area contributed by atoms with Gasteiger partial charge in [-0.15, -0.1) is 0 Å². The van der Waals surface area contributed by atoms with Crippen molar-refractivity contribution in [3.8, 4) is 0 Å². The lowest BCUT2D eigenvalue weighted by Gasteiger charge is -2.18. The van der Waals surface area contributed by atoms with Gasteiger partial charge in [0.15, 0.2) is 5.96 Å². The summed E-state index contributed by atoms with van der Waals surface area (Å²) in [5, 5.41) is 6.16. The highest BCUT2D eigenvalue weighted by molar-refractivity contribution is 7.88. The second-order valence-electron chi connectivity index (χ2n) is 5.98. The standard InChI is InChI=1S/C17H27F3N4O2S/c1-4-24(27(3,25)26)13-5-11-22-16(21-2)23-12-10-14-6-8-15(9-7-14)17(18,19)20/h6-9H,4-5,10-13H2,1-3H3,(H2,21,22,23). The Morgan fingerprint density at radius 1 is 1.15 bits per heavy atom. The maximum atomic E-state index is 12.5. The predicted molar refractivity (Wildman–Crippen MR) is 101 cm³/mol. The summed E-state index contributed by atoms with van der Waals surface area (Å²) < 4.78 is 62.0. The van der Waals surface area contributed by atoms with Crippen molar-refractivity contribution in [2.24, 2.45) is 4.99 Å². The summed E-state index contributed by atoms with van der Waals surface area (Å²) in [5.41, 5.74) is 0.129. The van der Waals surface area contributed by atoms with Crippen LogP contribution in [0.1, 0.15) is 24.5 Å². The highest BCUT2D eigenvalue weighted by Gasteiger charge is 2.29. The number of halogens is 3. The van der Waals surface area contributed by atoms with Crippen LogP contribution < -0.4 is 10.6 Å². The lowest BCUT2D eigenvalue weighted by atomic mass is 10.1. The van der Waals surface area contributed by atoms with E-state index in [4.69, 9.17) is 0 Å². The first kappa shape index (κ1) is 23.2. The lowest BCUT2D eigenvalue weighted by molar-refractivity contribution is -0.137. The van der Waals surface area contributed by atoms with Crippen LogP contribution in [-0.2, 0) is 22.6 Å². The first-order chi connectivity index (χ1) is 12.6. The van der Waals surface area contributed by atoms with Gasteiger partial charge < -0.3 is 10.6 Å². The summed E-state index contributed by atoms with van der Waals surface area (Å²) in [4.78, 5) is 4.07. The van der Waals surface area contributed by atoms with Gasteiger partial charge >= 0.3 is 6.18 Å². The number of rotatable bonds is 9. The maximum absolute atomic E-state index is 12.5. The summed E-state index contributed by atoms with van der Waals surface area (Å²) in [7, 11) is -1.58. The minimum atomic E-state index is -4.33. The number of nitrogens with zero attached hydrogens (tertiary/aromatic N) is 2. The lowest BCUT2D eigenvalue weighted by Crippen LogP contribution is -2.40. The third-order valence-electron chi connectivity index (χ3n) is 3.91. The Bertz CT molecular complexity index is 704. The molecule has 0 unspecified atom stereocenters. The fourth-order valence-electron chi connectivity index (χ4n) is 2.43. The average Bonchev–Trinajstić information content (AvgIpc) is 2.58. The molecule has 10 heteroatoms. The molecule has 1 aromatic rings. The second kappa shape index (κ2) is 10.5.